The molecule has 122 valence electrons. The van der Waals surface area contributed by atoms with Crippen LogP contribution in [-0.2, 0) is 17.9 Å². The van der Waals surface area contributed by atoms with Crippen LogP contribution in [0.3, 0.4) is 0 Å². The number of benzene rings is 1. The van der Waals surface area contributed by atoms with Crippen LogP contribution in [0, 0.1) is 13.8 Å². The van der Waals surface area contributed by atoms with Crippen molar-refractivity contribution in [3.05, 3.63) is 58.9 Å². The van der Waals surface area contributed by atoms with Crippen LogP contribution in [-0.4, -0.2) is 34.6 Å². The molecule has 2 aromatic rings. The van der Waals surface area contributed by atoms with Gasteiger partial charge < -0.3 is 9.84 Å². The average Bonchev–Trinajstić information content (AvgIpc) is 2.46. The lowest BCUT2D eigenvalue weighted by Gasteiger charge is -2.17. The third-order valence-corrected chi connectivity index (χ3v) is 3.47. The number of carboxylic acids is 1. The molecule has 1 aromatic heterocycles. The largest absolute Gasteiger partial charge is 0.487 e. The number of nitrogens with zero attached hydrogens (tertiary/aromatic N) is 2. The summed E-state index contributed by atoms with van der Waals surface area (Å²) in [6.45, 7) is 5.05. The molecular formula is C18H22N2O3. The van der Waals surface area contributed by atoms with Gasteiger partial charge in [0.25, 0.3) is 0 Å². The number of pyridine rings is 1. The predicted octanol–water partition coefficient (Wildman–Crippen LogP) is 2.79. The van der Waals surface area contributed by atoms with E-state index in [1.807, 2.05) is 44.2 Å². The highest BCUT2D eigenvalue weighted by Crippen LogP contribution is 2.26. The minimum Gasteiger partial charge on any atom is -0.487 e. The SMILES string of the molecule is Cc1cc(CN(C)CC(=O)O)cc(C)c1OCc1ccccn1. The Morgan fingerprint density at radius 1 is 1.26 bits per heavy atom. The summed E-state index contributed by atoms with van der Waals surface area (Å²) in [5, 5.41) is 8.83. The number of ether oxygens (including phenoxy) is 1. The molecule has 5 heteroatoms. The molecule has 23 heavy (non-hydrogen) atoms. The van der Waals surface area contributed by atoms with Crippen LogP contribution in [0.1, 0.15) is 22.4 Å². The quantitative estimate of drug-likeness (QED) is 0.851. The van der Waals surface area contributed by atoms with E-state index in [1.165, 1.54) is 0 Å². The fourth-order valence-electron chi connectivity index (χ4n) is 2.59. The molecule has 2 rings (SSSR count). The smallest absolute Gasteiger partial charge is 0.317 e. The lowest BCUT2D eigenvalue weighted by Crippen LogP contribution is -2.25. The summed E-state index contributed by atoms with van der Waals surface area (Å²) in [5.41, 5.74) is 4.05. The Kier molecular flexibility index (Phi) is 5.71. The van der Waals surface area contributed by atoms with Crippen LogP contribution in [0.5, 0.6) is 5.75 Å². The molecule has 5 nitrogen and oxygen atoms in total. The molecule has 0 saturated heterocycles. The first kappa shape index (κ1) is 17.0. The normalized spacial score (nSPS) is 10.8. The minimum atomic E-state index is -0.823. The first-order valence-corrected chi connectivity index (χ1v) is 7.49. The van der Waals surface area contributed by atoms with E-state index >= 15 is 0 Å². The number of aliphatic carboxylic acids is 1. The van der Waals surface area contributed by atoms with Crippen LogP contribution >= 0.6 is 0 Å². The van der Waals surface area contributed by atoms with Gasteiger partial charge in [0, 0.05) is 12.7 Å². The maximum absolute atomic E-state index is 10.7. The molecule has 1 N–H and O–H groups in total. The zero-order valence-corrected chi connectivity index (χ0v) is 13.7. The Hall–Kier alpha value is -2.40. The van der Waals surface area contributed by atoms with Gasteiger partial charge in [-0.1, -0.05) is 18.2 Å². The number of carbonyl (C=O) groups is 1. The van der Waals surface area contributed by atoms with Gasteiger partial charge in [-0.2, -0.15) is 0 Å². The van der Waals surface area contributed by atoms with Gasteiger partial charge in [0.1, 0.15) is 12.4 Å². The van der Waals surface area contributed by atoms with Crippen molar-refractivity contribution in [2.45, 2.75) is 27.0 Å². The molecular weight excluding hydrogens is 292 g/mol. The molecule has 0 aliphatic heterocycles. The van der Waals surface area contributed by atoms with Crippen LogP contribution in [0.2, 0.25) is 0 Å². The fourth-order valence-corrected chi connectivity index (χ4v) is 2.59. The molecule has 0 unspecified atom stereocenters. The summed E-state index contributed by atoms with van der Waals surface area (Å²) in [6.07, 6.45) is 1.75. The highest BCUT2D eigenvalue weighted by atomic mass is 16.5. The summed E-state index contributed by atoms with van der Waals surface area (Å²) in [6, 6.07) is 9.83. The Balaban J connectivity index is 2.06. The van der Waals surface area contributed by atoms with E-state index in [9.17, 15) is 4.79 Å². The number of carboxylic acid groups (broad SMARTS) is 1. The molecule has 0 radical (unpaired) electrons. The first-order chi connectivity index (χ1) is 11.0. The van der Waals surface area contributed by atoms with Crippen molar-refractivity contribution in [1.82, 2.24) is 9.88 Å². The number of hydrogen-bond donors (Lipinski definition) is 1. The number of aromatic nitrogens is 1. The summed E-state index contributed by atoms with van der Waals surface area (Å²) >= 11 is 0. The van der Waals surface area contributed by atoms with E-state index in [0.29, 0.717) is 13.2 Å². The first-order valence-electron chi connectivity index (χ1n) is 7.49. The van der Waals surface area contributed by atoms with Gasteiger partial charge in [-0.15, -0.1) is 0 Å². The van der Waals surface area contributed by atoms with Crippen molar-refractivity contribution in [1.29, 1.82) is 0 Å². The maximum atomic E-state index is 10.7. The predicted molar refractivity (Wildman–Crippen MR) is 88.5 cm³/mol. The van der Waals surface area contributed by atoms with Crippen molar-refractivity contribution >= 4 is 5.97 Å². The van der Waals surface area contributed by atoms with E-state index in [1.54, 1.807) is 18.1 Å². The van der Waals surface area contributed by atoms with Crippen molar-refractivity contribution in [3.63, 3.8) is 0 Å². The third kappa shape index (κ3) is 5.07. The Morgan fingerprint density at radius 3 is 2.52 bits per heavy atom. The summed E-state index contributed by atoms with van der Waals surface area (Å²) in [7, 11) is 1.80. The molecule has 0 saturated carbocycles. The van der Waals surface area contributed by atoms with Gasteiger partial charge in [0.2, 0.25) is 0 Å². The van der Waals surface area contributed by atoms with Gasteiger partial charge >= 0.3 is 5.97 Å². The van der Waals surface area contributed by atoms with Crippen LogP contribution in [0.15, 0.2) is 36.5 Å². The minimum absolute atomic E-state index is 0.0238. The van der Waals surface area contributed by atoms with Crippen molar-refractivity contribution in [2.75, 3.05) is 13.6 Å². The van der Waals surface area contributed by atoms with E-state index in [-0.39, 0.29) is 6.54 Å². The average molecular weight is 314 g/mol. The second kappa shape index (κ2) is 7.74. The van der Waals surface area contributed by atoms with Gasteiger partial charge in [0.15, 0.2) is 0 Å². The molecule has 1 aromatic carbocycles. The van der Waals surface area contributed by atoms with Gasteiger partial charge in [0.05, 0.1) is 12.2 Å². The van der Waals surface area contributed by atoms with Crippen molar-refractivity contribution in [3.8, 4) is 5.75 Å². The number of hydrogen-bond acceptors (Lipinski definition) is 4. The van der Waals surface area contributed by atoms with Gasteiger partial charge in [-0.25, -0.2) is 0 Å². The van der Waals surface area contributed by atoms with Crippen LogP contribution in [0.25, 0.3) is 0 Å². The number of aryl methyl sites for hydroxylation is 2. The molecule has 0 atom stereocenters. The monoisotopic (exact) mass is 314 g/mol. The molecule has 0 aliphatic rings. The van der Waals surface area contributed by atoms with Gasteiger partial charge in [-0.3, -0.25) is 14.7 Å². The summed E-state index contributed by atoms with van der Waals surface area (Å²) < 4.78 is 5.91. The standard InChI is InChI=1S/C18H22N2O3/c1-13-8-15(10-20(3)11-17(21)22)9-14(2)18(13)23-12-16-6-4-5-7-19-16/h4-9H,10-12H2,1-3H3,(H,21,22). The molecule has 0 bridgehead atoms. The molecule has 0 amide bonds. The Bertz CT molecular complexity index is 648. The van der Waals surface area contributed by atoms with Crippen molar-refractivity contribution in [2.24, 2.45) is 0 Å². The van der Waals surface area contributed by atoms with Gasteiger partial charge in [-0.05, 0) is 49.7 Å². The van der Waals surface area contributed by atoms with Crippen molar-refractivity contribution < 1.29 is 14.6 Å². The lowest BCUT2D eigenvalue weighted by atomic mass is 10.1. The van der Waals surface area contributed by atoms with E-state index in [0.717, 1.165) is 28.1 Å². The molecule has 0 aliphatic carbocycles. The topological polar surface area (TPSA) is 62.7 Å². The Morgan fingerprint density at radius 2 is 1.96 bits per heavy atom. The zero-order valence-electron chi connectivity index (χ0n) is 13.7. The maximum Gasteiger partial charge on any atom is 0.317 e. The highest BCUT2D eigenvalue weighted by Gasteiger charge is 2.10. The van der Waals surface area contributed by atoms with E-state index < -0.39 is 5.97 Å². The van der Waals surface area contributed by atoms with Crippen LogP contribution in [0.4, 0.5) is 0 Å². The summed E-state index contributed by atoms with van der Waals surface area (Å²) in [5.74, 6) is 0.0385. The molecule has 0 spiro atoms. The Labute approximate surface area is 136 Å². The molecule has 1 heterocycles. The van der Waals surface area contributed by atoms with E-state index in [4.69, 9.17) is 9.84 Å². The zero-order chi connectivity index (χ0) is 16.8. The molecule has 0 fully saturated rings. The van der Waals surface area contributed by atoms with E-state index in [2.05, 4.69) is 4.98 Å². The number of likely N-dealkylation sites (N-methyl/N-ethyl adjacent to an activating group) is 1. The van der Waals surface area contributed by atoms with Crippen LogP contribution < -0.4 is 4.74 Å². The fraction of sp³-hybridized carbons (Fsp3) is 0.333. The second-order valence-corrected chi connectivity index (χ2v) is 5.73. The highest BCUT2D eigenvalue weighted by molar-refractivity contribution is 5.69. The summed E-state index contributed by atoms with van der Waals surface area (Å²) in [4.78, 5) is 16.8. The second-order valence-electron chi connectivity index (χ2n) is 5.73. The lowest BCUT2D eigenvalue weighted by molar-refractivity contribution is -0.138. The number of rotatable bonds is 7. The third-order valence-electron chi connectivity index (χ3n) is 3.47.